The van der Waals surface area contributed by atoms with E-state index in [0.29, 0.717) is 12.8 Å². The molecule has 104 valence electrons. The van der Waals surface area contributed by atoms with E-state index in [1.165, 1.54) is 0 Å². The van der Waals surface area contributed by atoms with Gasteiger partial charge in [0.2, 0.25) is 0 Å². The maximum atomic E-state index is 11.2. The number of carboxylic acids is 1. The summed E-state index contributed by atoms with van der Waals surface area (Å²) >= 11 is 0. The van der Waals surface area contributed by atoms with E-state index in [1.54, 1.807) is 27.0 Å². The third-order valence-corrected chi connectivity index (χ3v) is 2.06. The molecular formula is C13H23NO4. The molecule has 0 aliphatic rings. The number of rotatable bonds is 7. The molecule has 0 rings (SSSR count). The fraction of sp³-hybridized carbons (Fsp3) is 0.769. The van der Waals surface area contributed by atoms with Crippen LogP contribution in [0.1, 0.15) is 59.3 Å². The van der Waals surface area contributed by atoms with Gasteiger partial charge in [-0.25, -0.2) is 4.79 Å². The molecule has 5 heteroatoms. The molecule has 0 aromatic rings. The number of amides is 1. The number of nitrogens with zero attached hydrogens (tertiary/aromatic N) is 1. The Bertz CT molecular complexity index is 292. The van der Waals surface area contributed by atoms with Gasteiger partial charge in [-0.1, -0.05) is 12.8 Å². The molecule has 0 saturated heterocycles. The minimum absolute atomic E-state index is 0.228. The summed E-state index contributed by atoms with van der Waals surface area (Å²) in [5.41, 5.74) is -0.509. The van der Waals surface area contributed by atoms with Gasteiger partial charge in [-0.05, 0) is 40.0 Å². The smallest absolute Gasteiger partial charge is 0.433 e. The molecule has 18 heavy (non-hydrogen) atoms. The zero-order chi connectivity index (χ0) is 14.0. The number of carbonyl (C=O) groups excluding carboxylic acids is 1. The molecule has 0 spiro atoms. The van der Waals surface area contributed by atoms with Gasteiger partial charge in [0.15, 0.2) is 0 Å². The van der Waals surface area contributed by atoms with Gasteiger partial charge in [0, 0.05) is 12.6 Å². The van der Waals surface area contributed by atoms with Gasteiger partial charge in [-0.15, -0.1) is 0 Å². The van der Waals surface area contributed by atoms with Crippen molar-refractivity contribution in [2.75, 3.05) is 0 Å². The molecule has 1 amide bonds. The lowest BCUT2D eigenvalue weighted by Gasteiger charge is -2.17. The van der Waals surface area contributed by atoms with Gasteiger partial charge in [0.25, 0.3) is 0 Å². The molecule has 0 radical (unpaired) electrons. The van der Waals surface area contributed by atoms with Gasteiger partial charge in [0.1, 0.15) is 5.60 Å². The normalized spacial score (nSPS) is 11.7. The van der Waals surface area contributed by atoms with Crippen LogP contribution >= 0.6 is 0 Å². The molecular weight excluding hydrogens is 234 g/mol. The van der Waals surface area contributed by atoms with Crippen molar-refractivity contribution in [1.82, 2.24) is 0 Å². The number of carbonyl (C=O) groups is 2. The van der Waals surface area contributed by atoms with Gasteiger partial charge in [-0.2, -0.15) is 4.99 Å². The van der Waals surface area contributed by atoms with E-state index in [4.69, 9.17) is 9.84 Å². The number of aliphatic imine (C=N–C) groups is 1. The Morgan fingerprint density at radius 2 is 1.78 bits per heavy atom. The Morgan fingerprint density at radius 1 is 1.17 bits per heavy atom. The van der Waals surface area contributed by atoms with Gasteiger partial charge in [0.05, 0.1) is 0 Å². The number of ether oxygens (including phenoxy) is 1. The molecule has 0 unspecified atom stereocenters. The van der Waals surface area contributed by atoms with Crippen LogP contribution in [0, 0.1) is 0 Å². The highest BCUT2D eigenvalue weighted by molar-refractivity contribution is 5.79. The molecule has 0 aliphatic carbocycles. The molecule has 0 fully saturated rings. The van der Waals surface area contributed by atoms with Crippen LogP contribution in [-0.2, 0) is 9.53 Å². The van der Waals surface area contributed by atoms with E-state index in [2.05, 4.69) is 4.99 Å². The summed E-state index contributed by atoms with van der Waals surface area (Å²) in [4.78, 5) is 25.1. The third-order valence-electron chi connectivity index (χ3n) is 2.06. The Kier molecular flexibility index (Phi) is 8.00. The second kappa shape index (κ2) is 8.66. The van der Waals surface area contributed by atoms with Crippen molar-refractivity contribution in [3.63, 3.8) is 0 Å². The summed E-state index contributed by atoms with van der Waals surface area (Å²) in [5, 5.41) is 8.44. The number of carboxylic acid groups (broad SMARTS) is 1. The molecule has 0 heterocycles. The molecule has 0 saturated carbocycles. The van der Waals surface area contributed by atoms with E-state index in [-0.39, 0.29) is 6.42 Å². The Hall–Kier alpha value is -1.39. The average molecular weight is 257 g/mol. The van der Waals surface area contributed by atoms with Crippen LogP contribution in [0.2, 0.25) is 0 Å². The minimum atomic E-state index is -0.749. The molecule has 0 aliphatic heterocycles. The second-order valence-electron chi connectivity index (χ2n) is 5.14. The first kappa shape index (κ1) is 16.6. The first-order chi connectivity index (χ1) is 8.31. The molecule has 0 aromatic heterocycles. The highest BCUT2D eigenvalue weighted by atomic mass is 16.6. The fourth-order valence-electron chi connectivity index (χ4n) is 1.29. The van der Waals surface area contributed by atoms with Crippen LogP contribution in [0.5, 0.6) is 0 Å². The van der Waals surface area contributed by atoms with E-state index in [0.717, 1.165) is 19.3 Å². The average Bonchev–Trinajstić information content (AvgIpc) is 2.18. The summed E-state index contributed by atoms with van der Waals surface area (Å²) in [6, 6.07) is 0. The summed E-state index contributed by atoms with van der Waals surface area (Å²) in [6.45, 7) is 5.38. The molecule has 5 nitrogen and oxygen atoms in total. The lowest BCUT2D eigenvalue weighted by atomic mass is 10.1. The van der Waals surface area contributed by atoms with Crippen molar-refractivity contribution in [2.45, 2.75) is 64.9 Å². The summed E-state index contributed by atoms with van der Waals surface area (Å²) in [7, 11) is 0. The number of unbranched alkanes of at least 4 members (excludes halogenated alkanes) is 4. The van der Waals surface area contributed by atoms with Crippen molar-refractivity contribution in [3.05, 3.63) is 0 Å². The topological polar surface area (TPSA) is 76.0 Å². The number of hydrogen-bond acceptors (Lipinski definition) is 3. The van der Waals surface area contributed by atoms with Gasteiger partial charge < -0.3 is 9.84 Å². The first-order valence-corrected chi connectivity index (χ1v) is 6.28. The third kappa shape index (κ3) is 12.7. The van der Waals surface area contributed by atoms with E-state index < -0.39 is 17.7 Å². The second-order valence-corrected chi connectivity index (χ2v) is 5.14. The van der Waals surface area contributed by atoms with Gasteiger partial charge in [-0.3, -0.25) is 4.79 Å². The predicted molar refractivity (Wildman–Crippen MR) is 70.1 cm³/mol. The van der Waals surface area contributed by atoms with Crippen molar-refractivity contribution in [3.8, 4) is 0 Å². The Labute approximate surface area is 108 Å². The molecule has 0 atom stereocenters. The zero-order valence-corrected chi connectivity index (χ0v) is 11.4. The van der Waals surface area contributed by atoms with Crippen molar-refractivity contribution >= 4 is 18.3 Å². The van der Waals surface area contributed by atoms with Crippen molar-refractivity contribution in [1.29, 1.82) is 0 Å². The molecule has 0 aromatic carbocycles. The summed E-state index contributed by atoms with van der Waals surface area (Å²) < 4.78 is 5.01. The monoisotopic (exact) mass is 257 g/mol. The number of aliphatic carboxylic acids is 1. The number of hydrogen-bond donors (Lipinski definition) is 1. The van der Waals surface area contributed by atoms with E-state index >= 15 is 0 Å². The fourth-order valence-corrected chi connectivity index (χ4v) is 1.29. The first-order valence-electron chi connectivity index (χ1n) is 6.28. The summed E-state index contributed by atoms with van der Waals surface area (Å²) in [6.07, 6.45) is 5.40. The molecule has 1 N–H and O–H groups in total. The highest BCUT2D eigenvalue weighted by Crippen LogP contribution is 2.08. The highest BCUT2D eigenvalue weighted by Gasteiger charge is 2.14. The SMILES string of the molecule is CC(C)(C)OC(=O)N=CCCCCCCC(=O)O. The van der Waals surface area contributed by atoms with E-state index in [1.807, 2.05) is 0 Å². The van der Waals surface area contributed by atoms with Crippen LogP contribution in [0.4, 0.5) is 4.79 Å². The zero-order valence-electron chi connectivity index (χ0n) is 11.4. The van der Waals surface area contributed by atoms with Crippen LogP contribution in [-0.4, -0.2) is 29.0 Å². The van der Waals surface area contributed by atoms with Crippen LogP contribution < -0.4 is 0 Å². The van der Waals surface area contributed by atoms with Crippen LogP contribution in [0.3, 0.4) is 0 Å². The standard InChI is InChI=1S/C13H23NO4/c1-13(2,3)18-12(17)14-10-8-6-4-5-7-9-11(15)16/h10H,4-9H2,1-3H3,(H,15,16). The predicted octanol–water partition coefficient (Wildman–Crippen LogP) is 3.42. The maximum Gasteiger partial charge on any atom is 0.433 e. The molecule has 0 bridgehead atoms. The Morgan fingerprint density at radius 3 is 2.33 bits per heavy atom. The van der Waals surface area contributed by atoms with Crippen molar-refractivity contribution in [2.24, 2.45) is 4.99 Å². The van der Waals surface area contributed by atoms with Gasteiger partial charge >= 0.3 is 12.1 Å². The lowest BCUT2D eigenvalue weighted by Crippen LogP contribution is -2.21. The maximum absolute atomic E-state index is 11.2. The largest absolute Gasteiger partial charge is 0.481 e. The Balaban J connectivity index is 3.48. The summed E-state index contributed by atoms with van der Waals surface area (Å²) in [5.74, 6) is -0.749. The minimum Gasteiger partial charge on any atom is -0.481 e. The van der Waals surface area contributed by atoms with E-state index in [9.17, 15) is 9.59 Å². The van der Waals surface area contributed by atoms with Crippen LogP contribution in [0.25, 0.3) is 0 Å². The van der Waals surface area contributed by atoms with Crippen LogP contribution in [0.15, 0.2) is 4.99 Å². The lowest BCUT2D eigenvalue weighted by molar-refractivity contribution is -0.137. The quantitative estimate of drug-likeness (QED) is 0.560. The van der Waals surface area contributed by atoms with Crippen molar-refractivity contribution < 1.29 is 19.4 Å².